The van der Waals surface area contributed by atoms with Crippen LogP contribution in [0.3, 0.4) is 0 Å². The third-order valence-corrected chi connectivity index (χ3v) is 6.62. The Morgan fingerprint density at radius 3 is 2.53 bits per heavy atom. The Bertz CT molecular complexity index is 1230. The molecule has 1 aliphatic heterocycles. The minimum atomic E-state index is -4.81. The average molecular weight is 498 g/mol. The third-order valence-electron chi connectivity index (χ3n) is 6.62. The summed E-state index contributed by atoms with van der Waals surface area (Å²) >= 11 is 0. The molecule has 1 saturated heterocycles. The summed E-state index contributed by atoms with van der Waals surface area (Å²) in [6.45, 7) is 9.05. The Morgan fingerprint density at radius 1 is 1.03 bits per heavy atom. The lowest BCUT2D eigenvalue weighted by molar-refractivity contribution is -0.274. The van der Waals surface area contributed by atoms with E-state index >= 15 is 0 Å². The Labute approximate surface area is 207 Å². The number of nitrogens with zero attached hydrogens (tertiary/aromatic N) is 3. The van der Waals surface area contributed by atoms with Crippen LogP contribution in [0.15, 0.2) is 53.1 Å². The van der Waals surface area contributed by atoms with Crippen molar-refractivity contribution in [2.24, 2.45) is 0 Å². The number of anilines is 1. The SMILES string of the molecule is [C-]#[N+]c1ccc(N2CCCC(OCc3c(-c4ccccc4OC(F)(F)F)noc3C3CC3)CC2)cc1. The van der Waals surface area contributed by atoms with Crippen LogP contribution in [-0.2, 0) is 11.3 Å². The van der Waals surface area contributed by atoms with Crippen LogP contribution in [0.25, 0.3) is 16.1 Å². The molecular weight excluding hydrogens is 471 g/mol. The maximum atomic E-state index is 13.0. The van der Waals surface area contributed by atoms with Crippen molar-refractivity contribution in [2.45, 2.75) is 57.1 Å². The zero-order valence-corrected chi connectivity index (χ0v) is 19.6. The molecule has 9 heteroatoms. The molecule has 0 bridgehead atoms. The van der Waals surface area contributed by atoms with E-state index < -0.39 is 6.36 Å². The predicted molar refractivity (Wildman–Crippen MR) is 128 cm³/mol. The van der Waals surface area contributed by atoms with Gasteiger partial charge < -0.3 is 18.9 Å². The van der Waals surface area contributed by atoms with Crippen LogP contribution in [0, 0.1) is 6.57 Å². The Balaban J connectivity index is 1.30. The molecule has 0 N–H and O–H groups in total. The molecule has 5 rings (SSSR count). The average Bonchev–Trinajstić information content (AvgIpc) is 3.66. The lowest BCUT2D eigenvalue weighted by Gasteiger charge is -2.23. The Kier molecular flexibility index (Phi) is 6.88. The molecule has 2 heterocycles. The summed E-state index contributed by atoms with van der Waals surface area (Å²) in [6, 6.07) is 13.6. The lowest BCUT2D eigenvalue weighted by atomic mass is 10.0. The van der Waals surface area contributed by atoms with Crippen LogP contribution in [0.2, 0.25) is 0 Å². The van der Waals surface area contributed by atoms with E-state index in [0.29, 0.717) is 22.7 Å². The quantitative estimate of drug-likeness (QED) is 0.322. The topological polar surface area (TPSA) is 52.1 Å². The molecule has 1 aromatic heterocycles. The summed E-state index contributed by atoms with van der Waals surface area (Å²) in [4.78, 5) is 5.74. The highest BCUT2D eigenvalue weighted by atomic mass is 19.4. The molecule has 1 aliphatic carbocycles. The van der Waals surface area contributed by atoms with Gasteiger partial charge in [0.15, 0.2) is 5.69 Å². The summed E-state index contributed by atoms with van der Waals surface area (Å²) < 4.78 is 55.2. The molecule has 2 aliphatic rings. The Morgan fingerprint density at radius 2 is 1.81 bits per heavy atom. The first-order valence-corrected chi connectivity index (χ1v) is 12.1. The van der Waals surface area contributed by atoms with Gasteiger partial charge in [0.2, 0.25) is 0 Å². The Hall–Kier alpha value is -3.51. The van der Waals surface area contributed by atoms with Crippen LogP contribution >= 0.6 is 0 Å². The number of hydrogen-bond donors (Lipinski definition) is 0. The maximum absolute atomic E-state index is 13.0. The fourth-order valence-electron chi connectivity index (χ4n) is 4.65. The first-order chi connectivity index (χ1) is 17.4. The van der Waals surface area contributed by atoms with E-state index in [4.69, 9.17) is 15.8 Å². The van der Waals surface area contributed by atoms with Gasteiger partial charge in [-0.25, -0.2) is 4.85 Å². The van der Waals surface area contributed by atoms with Gasteiger partial charge in [-0.3, -0.25) is 0 Å². The summed E-state index contributed by atoms with van der Waals surface area (Å²) in [5, 5.41) is 4.15. The normalized spacial score (nSPS) is 18.5. The summed E-state index contributed by atoms with van der Waals surface area (Å²) in [5.41, 5.74) is 2.98. The maximum Gasteiger partial charge on any atom is 0.573 e. The lowest BCUT2D eigenvalue weighted by Crippen LogP contribution is -2.24. The van der Waals surface area contributed by atoms with Gasteiger partial charge in [0.05, 0.1) is 19.3 Å². The number of rotatable bonds is 7. The molecule has 36 heavy (non-hydrogen) atoms. The van der Waals surface area contributed by atoms with Gasteiger partial charge in [0, 0.05) is 35.8 Å². The molecule has 2 aromatic carbocycles. The van der Waals surface area contributed by atoms with Gasteiger partial charge in [0.25, 0.3) is 0 Å². The summed E-state index contributed by atoms with van der Waals surface area (Å²) in [7, 11) is 0. The molecule has 0 spiro atoms. The fraction of sp³-hybridized carbons (Fsp3) is 0.407. The zero-order chi connectivity index (χ0) is 25.1. The third kappa shape index (κ3) is 5.65. The predicted octanol–water partition coefficient (Wildman–Crippen LogP) is 7.24. The largest absolute Gasteiger partial charge is 0.573 e. The first-order valence-electron chi connectivity index (χ1n) is 12.1. The first kappa shape index (κ1) is 24.2. The van der Waals surface area contributed by atoms with E-state index in [-0.39, 0.29) is 29.9 Å². The van der Waals surface area contributed by atoms with Crippen molar-refractivity contribution in [3.05, 3.63) is 71.3 Å². The smallest absolute Gasteiger partial charge is 0.405 e. The number of alkyl halides is 3. The van der Waals surface area contributed by atoms with Gasteiger partial charge in [-0.15, -0.1) is 13.2 Å². The standard InChI is InChI=1S/C27H26F3N3O3/c1-31-19-10-12-20(13-11-19)33-15-4-5-21(14-16-33)34-17-23-25(32-36-26(23)18-8-9-18)22-6-2-3-7-24(22)35-27(28,29)30/h2-3,6-7,10-13,18,21H,4-5,8-9,14-17H2. The number of aromatic nitrogens is 1. The second-order valence-corrected chi connectivity index (χ2v) is 9.17. The molecule has 6 nitrogen and oxygen atoms in total. The second kappa shape index (κ2) is 10.2. The molecule has 3 aromatic rings. The van der Waals surface area contributed by atoms with Crippen LogP contribution in [0.1, 0.15) is 49.3 Å². The van der Waals surface area contributed by atoms with Gasteiger partial charge in [-0.05, 0) is 56.4 Å². The number of benzene rings is 2. The van der Waals surface area contributed by atoms with Gasteiger partial charge in [-0.1, -0.05) is 29.4 Å². The zero-order valence-electron chi connectivity index (χ0n) is 19.6. The monoisotopic (exact) mass is 497 g/mol. The van der Waals surface area contributed by atoms with Crippen LogP contribution in [-0.4, -0.2) is 30.7 Å². The number of halogens is 3. The van der Waals surface area contributed by atoms with Gasteiger partial charge >= 0.3 is 6.36 Å². The van der Waals surface area contributed by atoms with Crippen LogP contribution in [0.5, 0.6) is 5.75 Å². The fourth-order valence-corrected chi connectivity index (χ4v) is 4.65. The molecule has 188 valence electrons. The van der Waals surface area contributed by atoms with Crippen molar-refractivity contribution >= 4 is 11.4 Å². The van der Waals surface area contributed by atoms with Gasteiger partial charge in [-0.2, -0.15) is 0 Å². The van der Waals surface area contributed by atoms with Crippen molar-refractivity contribution in [2.75, 3.05) is 18.0 Å². The molecule has 1 unspecified atom stereocenters. The van der Waals surface area contributed by atoms with E-state index in [9.17, 15) is 13.2 Å². The number of para-hydroxylation sites is 1. The molecule has 2 fully saturated rings. The van der Waals surface area contributed by atoms with Gasteiger partial charge in [0.1, 0.15) is 17.2 Å². The number of hydrogen-bond acceptors (Lipinski definition) is 5. The minimum absolute atomic E-state index is 0.00832. The highest BCUT2D eigenvalue weighted by Crippen LogP contribution is 2.45. The molecule has 0 radical (unpaired) electrons. The van der Waals surface area contributed by atoms with E-state index in [1.165, 1.54) is 12.1 Å². The van der Waals surface area contributed by atoms with Crippen LogP contribution in [0.4, 0.5) is 24.5 Å². The van der Waals surface area contributed by atoms with E-state index in [1.807, 2.05) is 24.3 Å². The van der Waals surface area contributed by atoms with E-state index in [1.54, 1.807) is 12.1 Å². The molecule has 0 amide bonds. The summed E-state index contributed by atoms with van der Waals surface area (Å²) in [5.74, 6) is 0.613. The highest BCUT2D eigenvalue weighted by Gasteiger charge is 2.36. The van der Waals surface area contributed by atoms with Crippen molar-refractivity contribution in [3.63, 3.8) is 0 Å². The molecule has 1 saturated carbocycles. The molecule has 1 atom stereocenters. The van der Waals surface area contributed by atoms with Crippen molar-refractivity contribution in [3.8, 4) is 17.0 Å². The summed E-state index contributed by atoms with van der Waals surface area (Å²) in [6.07, 6.45) is -0.224. The van der Waals surface area contributed by atoms with Crippen molar-refractivity contribution in [1.82, 2.24) is 5.16 Å². The molecular formula is C27H26F3N3O3. The van der Waals surface area contributed by atoms with Crippen molar-refractivity contribution < 1.29 is 27.2 Å². The van der Waals surface area contributed by atoms with Crippen molar-refractivity contribution in [1.29, 1.82) is 0 Å². The minimum Gasteiger partial charge on any atom is -0.405 e. The second-order valence-electron chi connectivity index (χ2n) is 9.17. The van der Waals surface area contributed by atoms with E-state index in [2.05, 4.69) is 19.6 Å². The van der Waals surface area contributed by atoms with Crippen LogP contribution < -0.4 is 9.64 Å². The van der Waals surface area contributed by atoms with E-state index in [0.717, 1.165) is 50.9 Å². The highest BCUT2D eigenvalue weighted by molar-refractivity contribution is 5.70. The number of ether oxygens (including phenoxy) is 2.